The Morgan fingerprint density at radius 2 is 1.87 bits per heavy atom. The van der Waals surface area contributed by atoms with Crippen LogP contribution in [0.15, 0.2) is 76.0 Å². The normalized spacial score (nSPS) is 11.8. The summed E-state index contributed by atoms with van der Waals surface area (Å²) in [6.07, 6.45) is 1.46. The monoisotopic (exact) mass is 465 g/mol. The van der Waals surface area contributed by atoms with E-state index in [1.165, 1.54) is 60.0 Å². The minimum atomic E-state index is -4.10. The van der Waals surface area contributed by atoms with E-state index in [9.17, 15) is 17.6 Å². The Kier molecular flexibility index (Phi) is 7.33. The Balaban J connectivity index is 1.82. The first-order valence-corrected chi connectivity index (χ1v) is 11.4. The fourth-order valence-corrected chi connectivity index (χ4v) is 4.61. The lowest BCUT2D eigenvalue weighted by molar-refractivity contribution is -0.121. The molecular weight excluding hydrogens is 449 g/mol. The minimum absolute atomic E-state index is 0.0573. The van der Waals surface area contributed by atoms with E-state index in [-0.39, 0.29) is 17.0 Å². The molecule has 3 aromatic rings. The molecule has 3 rings (SSSR count). The maximum absolute atomic E-state index is 14.1. The van der Waals surface area contributed by atoms with E-state index in [1.807, 2.05) is 17.5 Å². The van der Waals surface area contributed by atoms with Crippen LogP contribution in [0.25, 0.3) is 0 Å². The van der Waals surface area contributed by atoms with E-state index >= 15 is 0 Å². The van der Waals surface area contributed by atoms with Crippen LogP contribution in [-0.4, -0.2) is 31.4 Å². The van der Waals surface area contributed by atoms with E-state index in [0.717, 1.165) is 9.18 Å². The van der Waals surface area contributed by atoms with Crippen LogP contribution in [0.2, 0.25) is 5.02 Å². The van der Waals surface area contributed by atoms with Crippen LogP contribution in [-0.2, 0) is 21.4 Å². The average Bonchev–Trinajstić information content (AvgIpc) is 3.23. The summed E-state index contributed by atoms with van der Waals surface area (Å²) in [4.78, 5) is 13.1. The number of hydrogen-bond acceptors (Lipinski definition) is 5. The molecule has 2 aromatic carbocycles. The molecule has 1 aromatic heterocycles. The lowest BCUT2D eigenvalue weighted by Crippen LogP contribution is -2.39. The van der Waals surface area contributed by atoms with Crippen LogP contribution >= 0.6 is 22.9 Å². The SMILES string of the molecule is O=C(CN(Cc1ccccc1F)S(=O)(=O)c1ccc(Cl)cc1)N/N=C\c1cccs1. The van der Waals surface area contributed by atoms with Gasteiger partial charge in [0.05, 0.1) is 17.7 Å². The molecular formula is C20H17ClFN3O3S2. The first-order chi connectivity index (χ1) is 14.4. The molecule has 1 heterocycles. The lowest BCUT2D eigenvalue weighted by Gasteiger charge is -2.21. The first-order valence-electron chi connectivity index (χ1n) is 8.71. The molecule has 0 bridgehead atoms. The van der Waals surface area contributed by atoms with Gasteiger partial charge in [-0.05, 0) is 41.8 Å². The molecule has 1 amide bonds. The number of nitrogens with one attached hydrogen (secondary N) is 1. The third-order valence-corrected chi connectivity index (χ3v) is 6.86. The van der Waals surface area contributed by atoms with E-state index in [0.29, 0.717) is 5.02 Å². The van der Waals surface area contributed by atoms with Crippen molar-refractivity contribution in [3.8, 4) is 0 Å². The largest absolute Gasteiger partial charge is 0.272 e. The van der Waals surface area contributed by atoms with Gasteiger partial charge in [0.15, 0.2) is 0 Å². The number of carbonyl (C=O) groups excluding carboxylic acids is 1. The van der Waals surface area contributed by atoms with Crippen LogP contribution in [0.3, 0.4) is 0 Å². The number of rotatable bonds is 8. The fraction of sp³-hybridized carbons (Fsp3) is 0.100. The smallest absolute Gasteiger partial charge is 0.255 e. The maximum atomic E-state index is 14.1. The number of nitrogens with zero attached hydrogens (tertiary/aromatic N) is 2. The second-order valence-electron chi connectivity index (χ2n) is 6.13. The van der Waals surface area contributed by atoms with Crippen molar-refractivity contribution in [3.05, 3.63) is 87.3 Å². The number of halogens is 2. The molecule has 0 aliphatic carbocycles. The second kappa shape index (κ2) is 9.94. The van der Waals surface area contributed by atoms with Gasteiger partial charge < -0.3 is 0 Å². The third kappa shape index (κ3) is 5.73. The Hall–Kier alpha value is -2.59. The molecule has 1 N–H and O–H groups in total. The summed E-state index contributed by atoms with van der Waals surface area (Å²) in [5.74, 6) is -1.22. The number of amides is 1. The molecule has 30 heavy (non-hydrogen) atoms. The van der Waals surface area contributed by atoms with Crippen LogP contribution in [0, 0.1) is 5.82 Å². The van der Waals surface area contributed by atoms with Gasteiger partial charge in [-0.3, -0.25) is 4.79 Å². The van der Waals surface area contributed by atoms with Gasteiger partial charge >= 0.3 is 0 Å². The molecule has 0 aliphatic heterocycles. The highest BCUT2D eigenvalue weighted by Crippen LogP contribution is 2.21. The van der Waals surface area contributed by atoms with Crippen molar-refractivity contribution in [2.45, 2.75) is 11.4 Å². The molecule has 10 heteroatoms. The van der Waals surface area contributed by atoms with Crippen LogP contribution in [0.5, 0.6) is 0 Å². The van der Waals surface area contributed by atoms with Crippen molar-refractivity contribution in [1.82, 2.24) is 9.73 Å². The summed E-state index contributed by atoms with van der Waals surface area (Å²) in [5.41, 5.74) is 2.44. The van der Waals surface area contributed by atoms with Gasteiger partial charge in [0, 0.05) is 22.0 Å². The van der Waals surface area contributed by atoms with Gasteiger partial charge in [-0.15, -0.1) is 11.3 Å². The minimum Gasteiger partial charge on any atom is -0.272 e. The van der Waals surface area contributed by atoms with Crippen LogP contribution in [0.4, 0.5) is 4.39 Å². The molecule has 0 saturated heterocycles. The molecule has 0 spiro atoms. The van der Waals surface area contributed by atoms with E-state index in [1.54, 1.807) is 6.07 Å². The highest BCUT2D eigenvalue weighted by atomic mass is 35.5. The third-order valence-electron chi connectivity index (χ3n) is 4.00. The number of sulfonamides is 1. The zero-order chi connectivity index (χ0) is 21.6. The summed E-state index contributed by atoms with van der Waals surface area (Å²) in [7, 11) is -4.10. The van der Waals surface area contributed by atoms with Crippen molar-refractivity contribution >= 4 is 45.1 Å². The van der Waals surface area contributed by atoms with Crippen molar-refractivity contribution in [2.75, 3.05) is 6.54 Å². The van der Waals surface area contributed by atoms with Crippen molar-refractivity contribution in [1.29, 1.82) is 0 Å². The Bertz CT molecular complexity index is 1130. The number of benzene rings is 2. The second-order valence-corrected chi connectivity index (χ2v) is 9.48. The standard InChI is InChI=1S/C20H17ClFN3O3S2/c21-16-7-9-18(10-8-16)30(27,28)25(13-15-4-1-2-6-19(15)22)14-20(26)24-23-12-17-5-3-11-29-17/h1-12H,13-14H2,(H,24,26)/b23-12-. The molecule has 0 unspecified atom stereocenters. The molecule has 0 atom stereocenters. The van der Waals surface area contributed by atoms with Crippen molar-refractivity contribution < 1.29 is 17.6 Å². The zero-order valence-electron chi connectivity index (χ0n) is 15.5. The van der Waals surface area contributed by atoms with Crippen molar-refractivity contribution in [3.63, 3.8) is 0 Å². The molecule has 0 aliphatic rings. The molecule has 0 radical (unpaired) electrons. The number of thiophene rings is 1. The predicted octanol–water partition coefficient (Wildman–Crippen LogP) is 3.88. The molecule has 6 nitrogen and oxygen atoms in total. The Labute approximate surface area is 182 Å². The summed E-state index contributed by atoms with van der Waals surface area (Å²) >= 11 is 7.27. The topological polar surface area (TPSA) is 78.8 Å². The number of carbonyl (C=O) groups is 1. The first kappa shape index (κ1) is 22.1. The molecule has 0 saturated carbocycles. The molecule has 0 fully saturated rings. The van der Waals surface area contributed by atoms with E-state index in [2.05, 4.69) is 10.5 Å². The Morgan fingerprint density at radius 3 is 2.53 bits per heavy atom. The zero-order valence-corrected chi connectivity index (χ0v) is 17.9. The maximum Gasteiger partial charge on any atom is 0.255 e. The fourth-order valence-electron chi connectivity index (χ4n) is 2.53. The quantitative estimate of drug-likeness (QED) is 0.405. The number of hydrogen-bond donors (Lipinski definition) is 1. The van der Waals surface area contributed by atoms with Crippen LogP contribution < -0.4 is 5.43 Å². The van der Waals surface area contributed by atoms with Gasteiger partial charge in [0.25, 0.3) is 5.91 Å². The van der Waals surface area contributed by atoms with Gasteiger partial charge in [-0.25, -0.2) is 18.2 Å². The summed E-state index contributed by atoms with van der Waals surface area (Å²) < 4.78 is 41.2. The van der Waals surface area contributed by atoms with E-state index < -0.39 is 28.3 Å². The highest BCUT2D eigenvalue weighted by Gasteiger charge is 2.27. The van der Waals surface area contributed by atoms with Gasteiger partial charge in [-0.1, -0.05) is 35.9 Å². The summed E-state index contributed by atoms with van der Waals surface area (Å²) in [6.45, 7) is -0.860. The Morgan fingerprint density at radius 1 is 1.13 bits per heavy atom. The van der Waals surface area contributed by atoms with Crippen LogP contribution in [0.1, 0.15) is 10.4 Å². The molecule has 156 valence electrons. The number of hydrazone groups is 1. The average molecular weight is 466 g/mol. The lowest BCUT2D eigenvalue weighted by atomic mass is 10.2. The van der Waals surface area contributed by atoms with E-state index in [4.69, 9.17) is 11.6 Å². The predicted molar refractivity (Wildman–Crippen MR) is 116 cm³/mol. The van der Waals surface area contributed by atoms with Gasteiger partial charge in [-0.2, -0.15) is 9.41 Å². The van der Waals surface area contributed by atoms with Gasteiger partial charge in [0.1, 0.15) is 5.82 Å². The van der Waals surface area contributed by atoms with Crippen molar-refractivity contribution in [2.24, 2.45) is 5.10 Å². The van der Waals surface area contributed by atoms with Gasteiger partial charge in [0.2, 0.25) is 10.0 Å². The summed E-state index contributed by atoms with van der Waals surface area (Å²) in [6, 6.07) is 15.0. The summed E-state index contributed by atoms with van der Waals surface area (Å²) in [5, 5.41) is 6.06. The highest BCUT2D eigenvalue weighted by molar-refractivity contribution is 7.89.